The number of carbonyl (C=O) groups excluding carboxylic acids is 3. The average Bonchev–Trinajstić information content (AvgIpc) is 1.16. The molecular weight excluding hydrogens is 1120 g/mol. The van der Waals surface area contributed by atoms with Gasteiger partial charge in [-0.25, -0.2) is 14.4 Å². The van der Waals surface area contributed by atoms with Gasteiger partial charge in [0.1, 0.15) is 6.10 Å². The minimum absolute atomic E-state index is 0.0864. The molecule has 0 aliphatic carbocycles. The Bertz CT molecular complexity index is 2740. The largest absolute Gasteiger partial charge is 0.455 e. The van der Waals surface area contributed by atoms with Crippen LogP contribution in [0.15, 0.2) is 115 Å². The second-order valence-corrected chi connectivity index (χ2v) is 20.0. The van der Waals surface area contributed by atoms with E-state index in [9.17, 15) is 53.9 Å². The van der Waals surface area contributed by atoms with Gasteiger partial charge < -0.3 is 28.4 Å². The van der Waals surface area contributed by atoms with Crippen LogP contribution in [-0.2, 0) is 59.6 Å². The van der Waals surface area contributed by atoms with Crippen molar-refractivity contribution in [1.29, 1.82) is 0 Å². The van der Waals surface area contributed by atoms with Crippen LogP contribution in [0.25, 0.3) is 0 Å². The fourth-order valence-electron chi connectivity index (χ4n) is 9.48. The Morgan fingerprint density at radius 3 is 1.20 bits per heavy atom. The fraction of sp³-hybridized carbons (Fsp3) is 0.507. The Morgan fingerprint density at radius 1 is 0.459 bits per heavy atom. The van der Waals surface area contributed by atoms with Crippen LogP contribution < -0.4 is 0 Å². The number of halogens is 9. The molecule has 0 saturated heterocycles. The molecule has 0 heterocycles. The summed E-state index contributed by atoms with van der Waals surface area (Å²) in [6, 6.07) is 19.3. The van der Waals surface area contributed by atoms with E-state index in [1.54, 1.807) is 6.07 Å². The van der Waals surface area contributed by atoms with Crippen molar-refractivity contribution >= 4 is 17.9 Å². The number of rotatable bonds is 37. The number of ether oxygens (including phenoxy) is 6. The summed E-state index contributed by atoms with van der Waals surface area (Å²) in [6.45, 7) is -0.787. The van der Waals surface area contributed by atoms with Crippen LogP contribution in [0.2, 0.25) is 0 Å². The Hall–Kier alpha value is -6.96. The zero-order valence-corrected chi connectivity index (χ0v) is 48.5. The molecule has 0 aliphatic heterocycles. The number of allylic oxidation sites excluding steroid dienone is 3. The predicted molar refractivity (Wildman–Crippen MR) is 306 cm³/mol. The van der Waals surface area contributed by atoms with Crippen LogP contribution in [0.1, 0.15) is 158 Å². The molecule has 3 aromatic carbocycles. The lowest BCUT2D eigenvalue weighted by molar-refractivity contribution is -0.278. The summed E-state index contributed by atoms with van der Waals surface area (Å²) in [5.74, 6) is 11.6. The van der Waals surface area contributed by atoms with Crippen LogP contribution >= 0.6 is 0 Å². The highest BCUT2D eigenvalue weighted by Gasteiger charge is 2.66. The minimum Gasteiger partial charge on any atom is -0.455 e. The van der Waals surface area contributed by atoms with E-state index in [1.807, 2.05) is 0 Å². The number of methoxy groups -OCH3 is 3. The molecule has 0 aliphatic rings. The van der Waals surface area contributed by atoms with Crippen molar-refractivity contribution in [2.75, 3.05) is 27.9 Å². The third-order valence-electron chi connectivity index (χ3n) is 14.1. The number of carbonyl (C=O) groups is 3. The molecule has 0 aromatic heterocycles. The number of terminal acetylenes is 1. The Labute approximate surface area is 495 Å². The SMILES string of the molecule is C#C/C=C\[C@@H](CCCCCCCCCCC/C=C\CCCCCCCCCCC[C@@H](C#CC#CC#CCOC(=O)[C@](OC)(c1ccccc1)C(F)(F)F)OC(=O)[C@](OC)(c1ccccc1)C(F)(F)F)OC(=O)[C@](OC)(c1ccccc1)C(F)(F)F. The number of benzene rings is 3. The van der Waals surface area contributed by atoms with Gasteiger partial charge >= 0.3 is 36.4 Å². The van der Waals surface area contributed by atoms with E-state index in [0.717, 1.165) is 155 Å². The zero-order chi connectivity index (χ0) is 62.5. The lowest BCUT2D eigenvalue weighted by Crippen LogP contribution is -2.52. The standard InChI is InChI=1S/C67H77F9O9/c1-5-6-49-57(84-60(78)63(81-3,66(71,72)73)55-45-35-31-36-46-55)50-39-26-23-21-19-17-15-13-11-9-7-8-10-12-14-16-18-20-22-24-27-40-51-58(85-61(79)64(82-4,67(74,75)76)56-47-37-32-38-48-56)52-41-28-25-29-42-53-83-59(77)62(80-2,65(68,69)70)54-43-33-30-34-44-54/h1,6-8,30-38,43-49,57-58H,9-24,26-27,39-40,50-51,53H2,2-4H3/b8-7-,49-6-/t57-,58-,62+,63+,64+/m0/s1. The van der Waals surface area contributed by atoms with Gasteiger partial charge in [0.15, 0.2) is 12.7 Å². The number of hydrogen-bond acceptors (Lipinski definition) is 9. The van der Waals surface area contributed by atoms with Crippen LogP contribution in [0.5, 0.6) is 0 Å². The van der Waals surface area contributed by atoms with Crippen molar-refractivity contribution in [3.05, 3.63) is 132 Å². The normalized spacial score (nSPS) is 14.6. The minimum atomic E-state index is -5.21. The van der Waals surface area contributed by atoms with Gasteiger partial charge in [-0.15, -0.1) is 6.42 Å². The Balaban J connectivity index is 1.33. The molecule has 18 heteroatoms. The van der Waals surface area contributed by atoms with Crippen LogP contribution in [-0.4, -0.2) is 76.6 Å². The lowest BCUT2D eigenvalue weighted by Gasteiger charge is -2.33. The van der Waals surface area contributed by atoms with Gasteiger partial charge in [0, 0.05) is 38.0 Å². The average molecular weight is 1200 g/mol. The van der Waals surface area contributed by atoms with E-state index < -0.39 is 83.2 Å². The summed E-state index contributed by atoms with van der Waals surface area (Å²) in [4.78, 5) is 39.3. The topological polar surface area (TPSA) is 107 Å². The third-order valence-corrected chi connectivity index (χ3v) is 14.1. The van der Waals surface area contributed by atoms with Gasteiger partial charge in [-0.3, -0.25) is 0 Å². The Morgan fingerprint density at radius 2 is 0.812 bits per heavy atom. The number of hydrogen-bond donors (Lipinski definition) is 0. The molecule has 0 amide bonds. The van der Waals surface area contributed by atoms with Gasteiger partial charge in [-0.05, 0) is 99.0 Å². The molecule has 9 nitrogen and oxygen atoms in total. The molecule has 0 fully saturated rings. The molecule has 0 bridgehead atoms. The number of esters is 3. The molecular formula is C67H77F9O9. The highest BCUT2D eigenvalue weighted by molar-refractivity contribution is 5.84. The first kappa shape index (κ1) is 72.3. The maximum atomic E-state index is 14.6. The third kappa shape index (κ3) is 22.4. The van der Waals surface area contributed by atoms with Crippen molar-refractivity contribution in [1.82, 2.24) is 0 Å². The van der Waals surface area contributed by atoms with E-state index in [1.165, 1.54) is 72.8 Å². The van der Waals surface area contributed by atoms with Gasteiger partial charge in [-0.2, -0.15) is 39.5 Å². The quantitative estimate of drug-likeness (QED) is 0.0139. The summed E-state index contributed by atoms with van der Waals surface area (Å²) in [6.07, 6.45) is 14.7. The number of alkyl halides is 9. The molecule has 85 heavy (non-hydrogen) atoms. The van der Waals surface area contributed by atoms with Gasteiger partial charge in [0.2, 0.25) is 0 Å². The molecule has 5 atom stereocenters. The molecule has 0 unspecified atom stereocenters. The second kappa shape index (κ2) is 38.2. The van der Waals surface area contributed by atoms with E-state index in [-0.39, 0.29) is 12.0 Å². The van der Waals surface area contributed by atoms with E-state index in [0.29, 0.717) is 25.7 Å². The smallest absolute Gasteiger partial charge is 0.432 e. The fourth-order valence-corrected chi connectivity index (χ4v) is 9.48. The van der Waals surface area contributed by atoms with Crippen molar-refractivity contribution in [3.63, 3.8) is 0 Å². The molecule has 0 radical (unpaired) electrons. The van der Waals surface area contributed by atoms with Crippen molar-refractivity contribution in [2.24, 2.45) is 0 Å². The van der Waals surface area contributed by atoms with Gasteiger partial charge in [0.05, 0.1) is 0 Å². The van der Waals surface area contributed by atoms with E-state index in [2.05, 4.69) is 58.3 Å². The first-order chi connectivity index (χ1) is 40.7. The number of unbranched alkanes of at least 4 members (excludes halogenated alkanes) is 18. The second-order valence-electron chi connectivity index (χ2n) is 20.0. The first-order valence-electron chi connectivity index (χ1n) is 28.6. The highest BCUT2D eigenvalue weighted by Crippen LogP contribution is 2.46. The molecule has 0 spiro atoms. The zero-order valence-electron chi connectivity index (χ0n) is 48.5. The van der Waals surface area contributed by atoms with Gasteiger partial charge in [0.25, 0.3) is 16.8 Å². The molecule has 3 aromatic rings. The Kier molecular flexibility index (Phi) is 32.5. The predicted octanol–water partition coefficient (Wildman–Crippen LogP) is 16.0. The monoisotopic (exact) mass is 1200 g/mol. The van der Waals surface area contributed by atoms with E-state index >= 15 is 0 Å². The molecule has 0 N–H and O–H groups in total. The summed E-state index contributed by atoms with van der Waals surface area (Å²) in [5, 5.41) is 0. The summed E-state index contributed by atoms with van der Waals surface area (Å²) in [7, 11) is 2.32. The van der Waals surface area contributed by atoms with Crippen molar-refractivity contribution in [3.8, 4) is 47.9 Å². The molecule has 462 valence electrons. The summed E-state index contributed by atoms with van der Waals surface area (Å²) < 4.78 is 159. The van der Waals surface area contributed by atoms with Crippen LogP contribution in [0.3, 0.4) is 0 Å². The summed E-state index contributed by atoms with van der Waals surface area (Å²) in [5.41, 5.74) is -11.5. The van der Waals surface area contributed by atoms with Crippen LogP contribution in [0, 0.1) is 47.9 Å². The highest BCUT2D eigenvalue weighted by atomic mass is 19.4. The molecule has 3 rings (SSSR count). The summed E-state index contributed by atoms with van der Waals surface area (Å²) >= 11 is 0. The van der Waals surface area contributed by atoms with E-state index in [4.69, 9.17) is 30.1 Å². The van der Waals surface area contributed by atoms with Crippen molar-refractivity contribution < 1.29 is 82.3 Å². The van der Waals surface area contributed by atoms with Crippen LogP contribution in [0.4, 0.5) is 39.5 Å². The molecule has 0 saturated carbocycles. The van der Waals surface area contributed by atoms with Crippen molar-refractivity contribution in [2.45, 2.75) is 189 Å². The first-order valence-corrected chi connectivity index (χ1v) is 28.6. The maximum Gasteiger partial charge on any atom is 0.432 e. The lowest BCUT2D eigenvalue weighted by atomic mass is 9.92. The van der Waals surface area contributed by atoms with Gasteiger partial charge in [-0.1, -0.05) is 199 Å². The maximum absolute atomic E-state index is 14.6.